The van der Waals surface area contributed by atoms with Crippen LogP contribution >= 0.6 is 11.3 Å². The van der Waals surface area contributed by atoms with E-state index < -0.39 is 17.8 Å². The molecule has 2 aliphatic heterocycles. The number of aliphatic hydroxyl groups is 1. The molecule has 0 radical (unpaired) electrons. The van der Waals surface area contributed by atoms with Gasteiger partial charge in [0.2, 0.25) is 0 Å². The number of aromatic nitrogens is 1. The van der Waals surface area contributed by atoms with Crippen molar-refractivity contribution < 1.29 is 19.0 Å². The second-order valence-electron chi connectivity index (χ2n) is 9.18. The molecule has 2 aliphatic rings. The molecule has 1 fully saturated rings. The van der Waals surface area contributed by atoms with Gasteiger partial charge in [0.05, 0.1) is 22.4 Å². The van der Waals surface area contributed by atoms with Crippen LogP contribution in [0.1, 0.15) is 45.1 Å². The van der Waals surface area contributed by atoms with E-state index in [-0.39, 0.29) is 22.6 Å². The van der Waals surface area contributed by atoms with Crippen LogP contribution in [-0.2, 0) is 11.3 Å². The lowest BCUT2D eigenvalue weighted by atomic mass is 9.89. The van der Waals surface area contributed by atoms with E-state index in [0.717, 1.165) is 21.6 Å². The maximum Gasteiger partial charge on any atom is 0.407 e. The third-order valence-corrected chi connectivity index (χ3v) is 6.71. The first-order valence-electron chi connectivity index (χ1n) is 10.3. The van der Waals surface area contributed by atoms with E-state index in [1.54, 1.807) is 31.4 Å². The zero-order valence-corrected chi connectivity index (χ0v) is 18.3. The number of halogens is 1. The third kappa shape index (κ3) is 4.24. The van der Waals surface area contributed by atoms with Crippen LogP contribution in [0.15, 0.2) is 16.9 Å². The van der Waals surface area contributed by atoms with Gasteiger partial charge in [0, 0.05) is 37.7 Å². The van der Waals surface area contributed by atoms with Gasteiger partial charge in [-0.15, -0.1) is 0 Å². The lowest BCUT2D eigenvalue weighted by molar-refractivity contribution is 0.0184. The van der Waals surface area contributed by atoms with Crippen molar-refractivity contribution in [1.29, 1.82) is 0 Å². The minimum atomic E-state index is -0.727. The summed E-state index contributed by atoms with van der Waals surface area (Å²) in [4.78, 5) is 26.3. The molecular weight excluding hydrogens is 409 g/mol. The van der Waals surface area contributed by atoms with Crippen molar-refractivity contribution in [3.8, 4) is 0 Å². The summed E-state index contributed by atoms with van der Waals surface area (Å²) in [5, 5.41) is 13.3. The van der Waals surface area contributed by atoms with E-state index in [1.165, 1.54) is 6.07 Å². The van der Waals surface area contributed by atoms with E-state index in [4.69, 9.17) is 4.74 Å². The van der Waals surface area contributed by atoms with Crippen molar-refractivity contribution in [1.82, 2.24) is 14.8 Å². The second-order valence-corrected chi connectivity index (χ2v) is 10.2. The highest BCUT2D eigenvalue weighted by Crippen LogP contribution is 2.36. The first-order chi connectivity index (χ1) is 14.1. The fourth-order valence-electron chi connectivity index (χ4n) is 4.47. The Hall–Kier alpha value is -1.97. The zero-order chi connectivity index (χ0) is 21.6. The number of likely N-dealkylation sites (tertiary alicyclic amines) is 1. The van der Waals surface area contributed by atoms with Crippen LogP contribution in [0, 0.1) is 5.82 Å². The molecular formula is C21H28FN3O4S. The van der Waals surface area contributed by atoms with E-state index in [9.17, 15) is 19.1 Å². The normalized spacial score (nSPS) is 24.8. The number of hydrogen-bond acceptors (Lipinski definition) is 6. The lowest BCUT2D eigenvalue weighted by Crippen LogP contribution is -2.55. The molecule has 4 rings (SSSR count). The molecule has 2 N–H and O–H groups in total. The predicted octanol–water partition coefficient (Wildman–Crippen LogP) is 2.65. The van der Waals surface area contributed by atoms with Crippen molar-refractivity contribution in [2.24, 2.45) is 0 Å². The molecule has 7 nitrogen and oxygen atoms in total. The van der Waals surface area contributed by atoms with E-state index >= 15 is 0 Å². The fourth-order valence-corrected chi connectivity index (χ4v) is 5.40. The van der Waals surface area contributed by atoms with Crippen molar-refractivity contribution >= 4 is 27.6 Å². The summed E-state index contributed by atoms with van der Waals surface area (Å²) >= 11 is 1.16. The summed E-state index contributed by atoms with van der Waals surface area (Å²) in [6, 6.07) is 2.75. The van der Waals surface area contributed by atoms with E-state index in [1.807, 2.05) is 0 Å². The second kappa shape index (κ2) is 7.94. The molecule has 9 heteroatoms. The summed E-state index contributed by atoms with van der Waals surface area (Å²) in [5.74, 6) is -0.314. The Bertz CT molecular complexity index is 1010. The number of alkyl carbamates (subject to hydrolysis) is 1. The van der Waals surface area contributed by atoms with Crippen LogP contribution in [0.4, 0.5) is 9.18 Å². The number of aliphatic hydroxyl groups excluding tert-OH is 1. The van der Waals surface area contributed by atoms with Crippen molar-refractivity contribution in [3.05, 3.63) is 33.2 Å². The maximum absolute atomic E-state index is 14.7. The van der Waals surface area contributed by atoms with Crippen molar-refractivity contribution in [2.45, 2.75) is 63.8 Å². The van der Waals surface area contributed by atoms with Gasteiger partial charge in [0.25, 0.3) is 0 Å². The molecule has 1 saturated heterocycles. The van der Waals surface area contributed by atoms with Gasteiger partial charge in [-0.05, 0) is 45.7 Å². The Morgan fingerprint density at radius 1 is 1.33 bits per heavy atom. The Balaban J connectivity index is 1.43. The summed E-state index contributed by atoms with van der Waals surface area (Å²) < 4.78 is 22.5. The number of nitrogens with one attached hydrogen (secondary N) is 1. The van der Waals surface area contributed by atoms with Crippen LogP contribution in [0.5, 0.6) is 0 Å². The molecule has 30 heavy (non-hydrogen) atoms. The number of ether oxygens (including phenoxy) is 1. The number of nitrogens with zero attached hydrogens (tertiary/aromatic N) is 2. The molecule has 1 unspecified atom stereocenters. The Morgan fingerprint density at radius 3 is 2.80 bits per heavy atom. The van der Waals surface area contributed by atoms with Gasteiger partial charge in [0.15, 0.2) is 0 Å². The van der Waals surface area contributed by atoms with E-state index in [0.29, 0.717) is 44.6 Å². The average Bonchev–Trinajstić information content (AvgIpc) is 2.96. The SMILES string of the molecule is CC(C)(C)OC(=O)N[C@H]1CCN(CC2CCn3c(=O)sc4ccc(F)c2c43)C[C@H]1O. The van der Waals surface area contributed by atoms with Crippen LogP contribution in [0.25, 0.3) is 10.2 Å². The summed E-state index contributed by atoms with van der Waals surface area (Å²) in [6.07, 6.45) is 0.0146. The summed E-state index contributed by atoms with van der Waals surface area (Å²) in [7, 11) is 0. The monoisotopic (exact) mass is 437 g/mol. The number of carbonyl (C=O) groups is 1. The Morgan fingerprint density at radius 2 is 2.10 bits per heavy atom. The maximum atomic E-state index is 14.7. The highest BCUT2D eigenvalue weighted by molar-refractivity contribution is 7.16. The molecule has 0 spiro atoms. The summed E-state index contributed by atoms with van der Waals surface area (Å²) in [5.41, 5.74) is 0.744. The zero-order valence-electron chi connectivity index (χ0n) is 17.5. The van der Waals surface area contributed by atoms with Gasteiger partial charge in [-0.1, -0.05) is 11.3 Å². The van der Waals surface area contributed by atoms with Crippen molar-refractivity contribution in [2.75, 3.05) is 19.6 Å². The molecule has 3 atom stereocenters. The Labute approximate surface area is 178 Å². The number of piperidine rings is 1. The lowest BCUT2D eigenvalue weighted by Gasteiger charge is -2.38. The number of benzene rings is 1. The number of aryl methyl sites for hydroxylation is 1. The number of β-amino-alcohol motifs (C(OH)–C–C–N with tert-alkyl or cyclic N) is 1. The highest BCUT2D eigenvalue weighted by atomic mass is 32.1. The number of hydrogen-bond donors (Lipinski definition) is 2. The minimum Gasteiger partial charge on any atom is -0.444 e. The van der Waals surface area contributed by atoms with Gasteiger partial charge >= 0.3 is 11.0 Å². The van der Waals surface area contributed by atoms with Gasteiger partial charge in [-0.2, -0.15) is 0 Å². The van der Waals surface area contributed by atoms with Crippen LogP contribution < -0.4 is 10.2 Å². The standard InChI is InChI=1S/C21H28FN3O4S/c1-21(2,3)29-19(27)23-14-7-8-24(11-15(14)26)10-12-6-9-25-18-16(30-20(25)28)5-4-13(22)17(12)18/h4-5,12,14-15,26H,6-11H2,1-3H3,(H,23,27)/t12?,14-,15+/m0/s1. The van der Waals surface area contributed by atoms with Crippen LogP contribution in [0.3, 0.4) is 0 Å². The van der Waals surface area contributed by atoms with Gasteiger partial charge in [-0.25, -0.2) is 9.18 Å². The summed E-state index contributed by atoms with van der Waals surface area (Å²) in [6.45, 7) is 7.65. The van der Waals surface area contributed by atoms with Gasteiger partial charge in [0.1, 0.15) is 11.4 Å². The largest absolute Gasteiger partial charge is 0.444 e. The molecule has 164 valence electrons. The Kier molecular flexibility index (Phi) is 5.63. The molecule has 0 bridgehead atoms. The van der Waals surface area contributed by atoms with Gasteiger partial charge in [-0.3, -0.25) is 14.3 Å². The molecule has 1 amide bonds. The topological polar surface area (TPSA) is 83.8 Å². The first kappa shape index (κ1) is 21.3. The smallest absolute Gasteiger partial charge is 0.407 e. The quantitative estimate of drug-likeness (QED) is 0.771. The molecule has 0 aliphatic carbocycles. The average molecular weight is 438 g/mol. The number of rotatable bonds is 3. The highest BCUT2D eigenvalue weighted by Gasteiger charge is 2.34. The molecule has 0 saturated carbocycles. The molecule has 3 heterocycles. The fraction of sp³-hybridized carbons (Fsp3) is 0.619. The first-order valence-corrected chi connectivity index (χ1v) is 11.2. The molecule has 2 aromatic rings. The number of carbonyl (C=O) groups excluding carboxylic acids is 1. The van der Waals surface area contributed by atoms with E-state index in [2.05, 4.69) is 10.2 Å². The molecule has 1 aromatic carbocycles. The predicted molar refractivity (Wildman–Crippen MR) is 114 cm³/mol. The van der Waals surface area contributed by atoms with Crippen LogP contribution in [0.2, 0.25) is 0 Å². The number of amides is 1. The van der Waals surface area contributed by atoms with Crippen LogP contribution in [-0.4, -0.2) is 58.0 Å². The van der Waals surface area contributed by atoms with Gasteiger partial charge < -0.3 is 15.2 Å². The number of thiazole rings is 1. The minimum absolute atomic E-state index is 0.0368. The third-order valence-electron chi connectivity index (χ3n) is 5.77. The van der Waals surface area contributed by atoms with Crippen molar-refractivity contribution in [3.63, 3.8) is 0 Å². The molecule has 1 aromatic heterocycles.